The summed E-state index contributed by atoms with van der Waals surface area (Å²) in [4.78, 5) is 17.8. The third-order valence-corrected chi connectivity index (χ3v) is 3.53. The number of hydrogen-bond acceptors (Lipinski definition) is 3. The Morgan fingerprint density at radius 3 is 2.84 bits per heavy atom. The molecule has 0 saturated heterocycles. The van der Waals surface area contributed by atoms with Crippen molar-refractivity contribution in [1.82, 2.24) is 4.98 Å². The lowest BCUT2D eigenvalue weighted by Gasteiger charge is -2.31. The molecule has 1 aliphatic heterocycles. The number of rotatable bonds is 2. The minimum absolute atomic E-state index is 0.0175. The summed E-state index contributed by atoms with van der Waals surface area (Å²) >= 11 is 3.47. The quantitative estimate of drug-likeness (QED) is 0.926. The van der Waals surface area contributed by atoms with Crippen LogP contribution in [0.3, 0.4) is 0 Å². The van der Waals surface area contributed by atoms with Crippen molar-refractivity contribution in [2.45, 2.75) is 6.54 Å². The van der Waals surface area contributed by atoms with Crippen LogP contribution in [0.15, 0.2) is 47.2 Å². The number of carbonyl (C=O) groups is 1. The Kier molecular flexibility index (Phi) is 3.21. The van der Waals surface area contributed by atoms with E-state index in [9.17, 15) is 4.79 Å². The maximum absolute atomic E-state index is 11.7. The fraction of sp³-hybridized carbons (Fsp3) is 0.143. The summed E-state index contributed by atoms with van der Waals surface area (Å²) < 4.78 is 1.00. The highest BCUT2D eigenvalue weighted by molar-refractivity contribution is 9.10. The second-order valence-electron chi connectivity index (χ2n) is 4.42. The Labute approximate surface area is 119 Å². The van der Waals surface area contributed by atoms with E-state index in [2.05, 4.69) is 31.1 Å². The first-order valence-corrected chi connectivity index (χ1v) is 6.75. The summed E-state index contributed by atoms with van der Waals surface area (Å²) in [6.45, 7) is 1.06. The summed E-state index contributed by atoms with van der Waals surface area (Å²) in [7, 11) is 0. The zero-order valence-corrected chi connectivity index (χ0v) is 11.7. The van der Waals surface area contributed by atoms with E-state index >= 15 is 0 Å². The first kappa shape index (κ1) is 12.2. The second kappa shape index (κ2) is 5.01. The van der Waals surface area contributed by atoms with Crippen LogP contribution in [0.5, 0.6) is 0 Å². The highest BCUT2D eigenvalue weighted by Crippen LogP contribution is 2.33. The van der Waals surface area contributed by atoms with Crippen LogP contribution >= 0.6 is 15.9 Å². The number of benzene rings is 1. The second-order valence-corrected chi connectivity index (χ2v) is 5.34. The Hall–Kier alpha value is -1.88. The van der Waals surface area contributed by atoms with Crippen molar-refractivity contribution in [3.63, 3.8) is 0 Å². The number of halogens is 1. The van der Waals surface area contributed by atoms with Crippen LogP contribution < -0.4 is 10.2 Å². The van der Waals surface area contributed by atoms with Crippen molar-refractivity contribution in [2.75, 3.05) is 16.8 Å². The molecule has 0 spiro atoms. The third kappa shape index (κ3) is 2.61. The van der Waals surface area contributed by atoms with Gasteiger partial charge in [-0.25, -0.2) is 0 Å². The molecule has 19 heavy (non-hydrogen) atoms. The molecular weight excluding hydrogens is 306 g/mol. The molecule has 0 atom stereocenters. The van der Waals surface area contributed by atoms with Crippen LogP contribution in [0.2, 0.25) is 0 Å². The van der Waals surface area contributed by atoms with Crippen molar-refractivity contribution in [1.29, 1.82) is 0 Å². The standard InChI is InChI=1S/C14H12BrN3O/c15-11-1-2-12-13(7-11)18(9-14(19)17-12)8-10-3-5-16-6-4-10/h1-7H,8-9H2,(H,17,19). The molecule has 2 heterocycles. The van der Waals surface area contributed by atoms with Gasteiger partial charge in [0.05, 0.1) is 17.9 Å². The Morgan fingerprint density at radius 1 is 1.26 bits per heavy atom. The van der Waals surface area contributed by atoms with Crippen LogP contribution in [0.25, 0.3) is 0 Å². The lowest BCUT2D eigenvalue weighted by molar-refractivity contribution is -0.115. The van der Waals surface area contributed by atoms with Crippen molar-refractivity contribution < 1.29 is 4.79 Å². The average molecular weight is 318 g/mol. The van der Waals surface area contributed by atoms with Gasteiger partial charge < -0.3 is 10.2 Å². The summed E-state index contributed by atoms with van der Waals surface area (Å²) in [5, 5.41) is 2.89. The van der Waals surface area contributed by atoms with Gasteiger partial charge in [-0.2, -0.15) is 0 Å². The number of anilines is 2. The van der Waals surface area contributed by atoms with E-state index in [4.69, 9.17) is 0 Å². The number of fused-ring (bicyclic) bond motifs is 1. The number of carbonyl (C=O) groups excluding carboxylic acids is 1. The molecule has 0 saturated carbocycles. The molecule has 96 valence electrons. The molecule has 0 radical (unpaired) electrons. The predicted molar refractivity (Wildman–Crippen MR) is 78.1 cm³/mol. The summed E-state index contributed by atoms with van der Waals surface area (Å²) in [6, 6.07) is 9.79. The van der Waals surface area contributed by atoms with Gasteiger partial charge in [-0.15, -0.1) is 0 Å². The zero-order valence-electron chi connectivity index (χ0n) is 10.1. The lowest BCUT2D eigenvalue weighted by atomic mass is 10.1. The van der Waals surface area contributed by atoms with E-state index in [0.717, 1.165) is 21.4 Å². The van der Waals surface area contributed by atoms with Crippen LogP contribution in [-0.4, -0.2) is 17.4 Å². The zero-order chi connectivity index (χ0) is 13.2. The number of hydrogen-bond donors (Lipinski definition) is 1. The average Bonchev–Trinajstić information content (AvgIpc) is 2.41. The van der Waals surface area contributed by atoms with E-state index in [-0.39, 0.29) is 5.91 Å². The Morgan fingerprint density at radius 2 is 2.05 bits per heavy atom. The smallest absolute Gasteiger partial charge is 0.243 e. The topological polar surface area (TPSA) is 45.2 Å². The Balaban J connectivity index is 1.94. The molecule has 1 aromatic heterocycles. The molecule has 1 amide bonds. The molecule has 0 bridgehead atoms. The van der Waals surface area contributed by atoms with Crippen LogP contribution in [0, 0.1) is 0 Å². The molecule has 0 unspecified atom stereocenters. The molecule has 1 N–H and O–H groups in total. The van der Waals surface area contributed by atoms with Crippen molar-refractivity contribution in [3.8, 4) is 0 Å². The maximum atomic E-state index is 11.7. The normalized spacial score (nSPS) is 13.9. The minimum atomic E-state index is 0.0175. The van der Waals surface area contributed by atoms with Crippen molar-refractivity contribution >= 4 is 33.2 Å². The molecule has 1 aliphatic rings. The predicted octanol–water partition coefficient (Wildman–Crippen LogP) is 2.80. The van der Waals surface area contributed by atoms with E-state index in [1.807, 2.05) is 30.3 Å². The molecule has 3 rings (SSSR count). The summed E-state index contributed by atoms with van der Waals surface area (Å²) in [6.07, 6.45) is 3.53. The SMILES string of the molecule is O=C1CN(Cc2ccncc2)c2cc(Br)ccc2N1. The maximum Gasteiger partial charge on any atom is 0.243 e. The lowest BCUT2D eigenvalue weighted by Crippen LogP contribution is -2.37. The first-order chi connectivity index (χ1) is 9.22. The fourth-order valence-electron chi connectivity index (χ4n) is 2.17. The van der Waals surface area contributed by atoms with E-state index in [0.29, 0.717) is 13.1 Å². The largest absolute Gasteiger partial charge is 0.356 e. The number of nitrogens with one attached hydrogen (secondary N) is 1. The first-order valence-electron chi connectivity index (χ1n) is 5.95. The number of pyridine rings is 1. The number of amides is 1. The van der Waals surface area contributed by atoms with Crippen LogP contribution in [-0.2, 0) is 11.3 Å². The molecular formula is C14H12BrN3O. The van der Waals surface area contributed by atoms with Gasteiger partial charge in [0.25, 0.3) is 0 Å². The van der Waals surface area contributed by atoms with Crippen molar-refractivity contribution in [2.24, 2.45) is 0 Å². The third-order valence-electron chi connectivity index (χ3n) is 3.03. The van der Waals surface area contributed by atoms with Gasteiger partial charge in [0.1, 0.15) is 0 Å². The molecule has 0 aliphatic carbocycles. The van der Waals surface area contributed by atoms with Crippen LogP contribution in [0.1, 0.15) is 5.56 Å². The van der Waals surface area contributed by atoms with Gasteiger partial charge in [-0.05, 0) is 35.9 Å². The van der Waals surface area contributed by atoms with Gasteiger partial charge in [-0.1, -0.05) is 15.9 Å². The molecule has 2 aromatic rings. The molecule has 1 aromatic carbocycles. The van der Waals surface area contributed by atoms with Gasteiger partial charge in [0, 0.05) is 23.4 Å². The Bertz CT molecular complexity index is 615. The fourth-order valence-corrected chi connectivity index (χ4v) is 2.52. The van der Waals surface area contributed by atoms with E-state index in [1.165, 1.54) is 0 Å². The minimum Gasteiger partial charge on any atom is -0.356 e. The molecule has 0 fully saturated rings. The number of nitrogens with zero attached hydrogens (tertiary/aromatic N) is 2. The van der Waals surface area contributed by atoms with Gasteiger partial charge in [0.15, 0.2) is 0 Å². The van der Waals surface area contributed by atoms with Gasteiger partial charge >= 0.3 is 0 Å². The monoisotopic (exact) mass is 317 g/mol. The summed E-state index contributed by atoms with van der Waals surface area (Å²) in [5.74, 6) is 0.0175. The summed E-state index contributed by atoms with van der Waals surface area (Å²) in [5.41, 5.74) is 3.02. The van der Waals surface area contributed by atoms with Gasteiger partial charge in [0.2, 0.25) is 5.91 Å². The van der Waals surface area contributed by atoms with E-state index < -0.39 is 0 Å². The van der Waals surface area contributed by atoms with Crippen LogP contribution in [0.4, 0.5) is 11.4 Å². The molecule has 4 nitrogen and oxygen atoms in total. The van der Waals surface area contributed by atoms with Gasteiger partial charge in [-0.3, -0.25) is 9.78 Å². The highest BCUT2D eigenvalue weighted by atomic mass is 79.9. The van der Waals surface area contributed by atoms with E-state index in [1.54, 1.807) is 12.4 Å². The van der Waals surface area contributed by atoms with Crippen molar-refractivity contribution in [3.05, 3.63) is 52.8 Å². The highest BCUT2D eigenvalue weighted by Gasteiger charge is 2.22. The molecule has 5 heteroatoms. The number of aromatic nitrogens is 1.